The fourth-order valence-corrected chi connectivity index (χ4v) is 2.79. The lowest BCUT2D eigenvalue weighted by molar-refractivity contribution is 0.520. The van der Waals surface area contributed by atoms with Crippen LogP contribution in [0.15, 0.2) is 0 Å². The van der Waals surface area contributed by atoms with Gasteiger partial charge in [0.05, 0.1) is 0 Å². The molecule has 20 heavy (non-hydrogen) atoms. The number of rotatable bonds is 6. The zero-order valence-electron chi connectivity index (χ0n) is 12.6. The molecular formula is C14H24ClN5. The van der Waals surface area contributed by atoms with Gasteiger partial charge >= 0.3 is 0 Å². The first-order valence-corrected chi connectivity index (χ1v) is 7.84. The summed E-state index contributed by atoms with van der Waals surface area (Å²) in [6.07, 6.45) is 6.16. The Morgan fingerprint density at radius 3 is 2.55 bits per heavy atom. The standard InChI is InChI=1S/C14H24ClN5/c1-10(2)8-9-20(11-6-4-5-7-11)14-18-12(15)17-13(16-3)19-14/h10-11H,4-9H2,1-3H3,(H,16,17,18,19). The summed E-state index contributed by atoms with van der Waals surface area (Å²) in [6.45, 7) is 5.46. The average molecular weight is 298 g/mol. The molecule has 0 saturated heterocycles. The second kappa shape index (κ2) is 7.07. The van der Waals surface area contributed by atoms with Crippen LogP contribution < -0.4 is 10.2 Å². The van der Waals surface area contributed by atoms with Crippen molar-refractivity contribution in [3.63, 3.8) is 0 Å². The molecule has 0 amide bonds. The fourth-order valence-electron chi connectivity index (χ4n) is 2.64. The Bertz CT molecular complexity index is 432. The van der Waals surface area contributed by atoms with Crippen LogP contribution in [0.1, 0.15) is 46.0 Å². The van der Waals surface area contributed by atoms with Crippen molar-refractivity contribution in [1.29, 1.82) is 0 Å². The Balaban J connectivity index is 2.22. The SMILES string of the molecule is CNc1nc(Cl)nc(N(CCC(C)C)C2CCCC2)n1. The quantitative estimate of drug-likeness (QED) is 0.872. The van der Waals surface area contributed by atoms with Gasteiger partial charge in [0, 0.05) is 19.6 Å². The number of anilines is 2. The highest BCUT2D eigenvalue weighted by atomic mass is 35.5. The lowest BCUT2D eigenvalue weighted by atomic mass is 10.1. The van der Waals surface area contributed by atoms with E-state index in [0.717, 1.165) is 13.0 Å². The first kappa shape index (κ1) is 15.3. The molecule has 1 saturated carbocycles. The summed E-state index contributed by atoms with van der Waals surface area (Å²) in [5, 5.41) is 3.20. The van der Waals surface area contributed by atoms with E-state index >= 15 is 0 Å². The molecule has 0 radical (unpaired) electrons. The number of nitrogens with one attached hydrogen (secondary N) is 1. The van der Waals surface area contributed by atoms with Crippen molar-refractivity contribution >= 4 is 23.5 Å². The predicted molar refractivity (Wildman–Crippen MR) is 83.4 cm³/mol. The van der Waals surface area contributed by atoms with E-state index in [1.807, 2.05) is 0 Å². The highest BCUT2D eigenvalue weighted by Crippen LogP contribution is 2.27. The van der Waals surface area contributed by atoms with Gasteiger partial charge in [-0.25, -0.2) is 0 Å². The highest BCUT2D eigenvalue weighted by Gasteiger charge is 2.25. The Hall–Kier alpha value is -1.10. The van der Waals surface area contributed by atoms with Crippen LogP contribution in [0.25, 0.3) is 0 Å². The minimum Gasteiger partial charge on any atom is -0.357 e. The summed E-state index contributed by atoms with van der Waals surface area (Å²) < 4.78 is 0. The summed E-state index contributed by atoms with van der Waals surface area (Å²) in [7, 11) is 1.80. The van der Waals surface area contributed by atoms with Gasteiger partial charge in [-0.1, -0.05) is 26.7 Å². The van der Waals surface area contributed by atoms with Crippen molar-refractivity contribution in [2.24, 2.45) is 5.92 Å². The number of hydrogen-bond donors (Lipinski definition) is 1. The minimum absolute atomic E-state index is 0.256. The van der Waals surface area contributed by atoms with Crippen LogP contribution >= 0.6 is 11.6 Å². The third-order valence-corrected chi connectivity index (χ3v) is 3.96. The molecule has 0 aromatic carbocycles. The van der Waals surface area contributed by atoms with Gasteiger partial charge < -0.3 is 10.2 Å². The van der Waals surface area contributed by atoms with Crippen LogP contribution in [0.3, 0.4) is 0 Å². The first-order chi connectivity index (χ1) is 9.60. The van der Waals surface area contributed by atoms with E-state index in [-0.39, 0.29) is 5.28 Å². The van der Waals surface area contributed by atoms with Gasteiger partial charge in [-0.05, 0) is 36.8 Å². The third-order valence-electron chi connectivity index (χ3n) is 3.79. The van der Waals surface area contributed by atoms with Crippen molar-refractivity contribution in [2.45, 2.75) is 52.0 Å². The van der Waals surface area contributed by atoms with E-state index in [2.05, 4.69) is 39.0 Å². The fraction of sp³-hybridized carbons (Fsp3) is 0.786. The Labute approximate surface area is 126 Å². The molecule has 6 heteroatoms. The molecule has 1 aliphatic rings. The van der Waals surface area contributed by atoms with Gasteiger partial charge in [0.2, 0.25) is 17.2 Å². The van der Waals surface area contributed by atoms with Crippen LogP contribution in [0, 0.1) is 5.92 Å². The van der Waals surface area contributed by atoms with Gasteiger partial charge in [-0.3, -0.25) is 0 Å². The van der Waals surface area contributed by atoms with E-state index in [4.69, 9.17) is 11.6 Å². The molecule has 1 aromatic rings. The lowest BCUT2D eigenvalue weighted by Crippen LogP contribution is -2.36. The predicted octanol–water partition coefficient (Wildman–Crippen LogP) is 3.36. The van der Waals surface area contributed by atoms with Crippen molar-refractivity contribution in [3.8, 4) is 0 Å². The molecule has 0 unspecified atom stereocenters. The van der Waals surface area contributed by atoms with Gasteiger partial charge in [-0.15, -0.1) is 0 Å². The summed E-state index contributed by atoms with van der Waals surface area (Å²) >= 11 is 6.01. The zero-order chi connectivity index (χ0) is 14.5. The van der Waals surface area contributed by atoms with Crippen molar-refractivity contribution in [1.82, 2.24) is 15.0 Å². The largest absolute Gasteiger partial charge is 0.357 e. The van der Waals surface area contributed by atoms with E-state index in [1.165, 1.54) is 25.7 Å². The molecule has 1 N–H and O–H groups in total. The van der Waals surface area contributed by atoms with E-state index in [9.17, 15) is 0 Å². The van der Waals surface area contributed by atoms with Gasteiger partial charge in [-0.2, -0.15) is 15.0 Å². The maximum absolute atomic E-state index is 6.01. The molecule has 0 atom stereocenters. The monoisotopic (exact) mass is 297 g/mol. The first-order valence-electron chi connectivity index (χ1n) is 7.46. The molecule has 5 nitrogen and oxygen atoms in total. The maximum Gasteiger partial charge on any atom is 0.231 e. The average Bonchev–Trinajstić information content (AvgIpc) is 2.92. The molecule has 1 aliphatic carbocycles. The second-order valence-corrected chi connectivity index (χ2v) is 6.13. The Morgan fingerprint density at radius 1 is 1.25 bits per heavy atom. The van der Waals surface area contributed by atoms with Crippen molar-refractivity contribution < 1.29 is 0 Å². The van der Waals surface area contributed by atoms with Crippen LogP contribution in [0.2, 0.25) is 5.28 Å². The van der Waals surface area contributed by atoms with E-state index < -0.39 is 0 Å². The number of nitrogens with zero attached hydrogens (tertiary/aromatic N) is 4. The van der Waals surface area contributed by atoms with Gasteiger partial charge in [0.25, 0.3) is 0 Å². The molecule has 0 aliphatic heterocycles. The molecular weight excluding hydrogens is 274 g/mol. The van der Waals surface area contributed by atoms with Crippen LogP contribution in [-0.4, -0.2) is 34.6 Å². The third kappa shape index (κ3) is 3.95. The van der Waals surface area contributed by atoms with Crippen molar-refractivity contribution in [2.75, 3.05) is 23.8 Å². The molecule has 2 rings (SSSR count). The smallest absolute Gasteiger partial charge is 0.231 e. The maximum atomic E-state index is 6.01. The molecule has 112 valence electrons. The van der Waals surface area contributed by atoms with Gasteiger partial charge in [0.15, 0.2) is 0 Å². The highest BCUT2D eigenvalue weighted by molar-refractivity contribution is 6.28. The van der Waals surface area contributed by atoms with E-state index in [0.29, 0.717) is 23.9 Å². The van der Waals surface area contributed by atoms with Gasteiger partial charge in [0.1, 0.15) is 0 Å². The molecule has 0 spiro atoms. The number of aromatic nitrogens is 3. The van der Waals surface area contributed by atoms with Crippen molar-refractivity contribution in [3.05, 3.63) is 5.28 Å². The number of halogens is 1. The normalized spacial score (nSPS) is 15.8. The molecule has 1 fully saturated rings. The zero-order valence-corrected chi connectivity index (χ0v) is 13.3. The summed E-state index contributed by atoms with van der Waals surface area (Å²) in [4.78, 5) is 15.2. The Kier molecular flexibility index (Phi) is 5.40. The Morgan fingerprint density at radius 2 is 1.95 bits per heavy atom. The minimum atomic E-state index is 0.256. The second-order valence-electron chi connectivity index (χ2n) is 5.79. The molecule has 1 aromatic heterocycles. The summed E-state index contributed by atoms with van der Waals surface area (Å²) in [5.41, 5.74) is 0. The van der Waals surface area contributed by atoms with Crippen LogP contribution in [0.5, 0.6) is 0 Å². The summed E-state index contributed by atoms with van der Waals surface area (Å²) in [6, 6.07) is 0.539. The number of hydrogen-bond acceptors (Lipinski definition) is 5. The van der Waals surface area contributed by atoms with Crippen LogP contribution in [-0.2, 0) is 0 Å². The van der Waals surface area contributed by atoms with E-state index in [1.54, 1.807) is 7.05 Å². The lowest BCUT2D eigenvalue weighted by Gasteiger charge is -2.29. The summed E-state index contributed by atoms with van der Waals surface area (Å²) in [5.74, 6) is 1.91. The topological polar surface area (TPSA) is 53.9 Å². The molecule has 1 heterocycles. The molecule has 0 bridgehead atoms. The van der Waals surface area contributed by atoms with Crippen LogP contribution in [0.4, 0.5) is 11.9 Å².